The monoisotopic (exact) mass is 302 g/mol. The van der Waals surface area contributed by atoms with E-state index in [2.05, 4.69) is 21.8 Å². The van der Waals surface area contributed by atoms with E-state index in [0.717, 1.165) is 11.3 Å². The number of benzene rings is 1. The van der Waals surface area contributed by atoms with E-state index in [-0.39, 0.29) is 12.4 Å². The molecule has 5 heteroatoms. The molecule has 2 aromatic rings. The summed E-state index contributed by atoms with van der Waals surface area (Å²) in [6.45, 7) is 1.90. The molecule has 0 amide bonds. The Labute approximate surface area is 127 Å². The Balaban J connectivity index is 2.07. The summed E-state index contributed by atoms with van der Waals surface area (Å²) in [6.07, 6.45) is 2.07. The lowest BCUT2D eigenvalue weighted by Gasteiger charge is -2.03. The van der Waals surface area contributed by atoms with E-state index in [9.17, 15) is 4.39 Å². The van der Waals surface area contributed by atoms with Crippen molar-refractivity contribution in [3.8, 4) is 11.8 Å². The van der Waals surface area contributed by atoms with Crippen LogP contribution in [0.3, 0.4) is 0 Å². The number of halogens is 1. The number of aliphatic hydroxyl groups excluding tert-OH is 1. The number of rotatable bonds is 4. The Morgan fingerprint density at radius 2 is 2.19 bits per heavy atom. The maximum Gasteiger partial charge on any atom is 0.188 e. The number of aliphatic hydroxyl groups is 1. The van der Waals surface area contributed by atoms with Crippen LogP contribution in [-0.2, 0) is 5.75 Å². The summed E-state index contributed by atoms with van der Waals surface area (Å²) in [7, 11) is 0. The third-order valence-corrected chi connectivity index (χ3v) is 3.56. The van der Waals surface area contributed by atoms with Gasteiger partial charge in [-0.3, -0.25) is 0 Å². The van der Waals surface area contributed by atoms with Crippen molar-refractivity contribution in [2.24, 2.45) is 0 Å². The average molecular weight is 302 g/mol. The van der Waals surface area contributed by atoms with Crippen LogP contribution in [0.5, 0.6) is 0 Å². The number of nitrogens with zero attached hydrogens (tertiary/aromatic N) is 2. The van der Waals surface area contributed by atoms with E-state index in [1.54, 1.807) is 18.3 Å². The lowest BCUT2D eigenvalue weighted by molar-refractivity contribution is 0.305. The topological polar surface area (TPSA) is 46.0 Å². The van der Waals surface area contributed by atoms with Crippen molar-refractivity contribution in [1.82, 2.24) is 9.97 Å². The molecule has 2 rings (SSSR count). The third-order valence-electron chi connectivity index (χ3n) is 2.63. The molecule has 0 aliphatic heterocycles. The molecule has 0 unspecified atom stereocenters. The van der Waals surface area contributed by atoms with Gasteiger partial charge in [-0.2, -0.15) is 0 Å². The van der Waals surface area contributed by atoms with Gasteiger partial charge in [0.05, 0.1) is 12.2 Å². The zero-order valence-electron chi connectivity index (χ0n) is 11.6. The van der Waals surface area contributed by atoms with E-state index >= 15 is 0 Å². The van der Waals surface area contributed by atoms with Gasteiger partial charge >= 0.3 is 0 Å². The third kappa shape index (κ3) is 4.85. The molecule has 1 heterocycles. The van der Waals surface area contributed by atoms with Crippen LogP contribution < -0.4 is 0 Å². The highest BCUT2D eigenvalue weighted by atomic mass is 32.2. The van der Waals surface area contributed by atoms with Gasteiger partial charge in [0, 0.05) is 24.1 Å². The molecule has 0 saturated carbocycles. The standard InChI is InChI=1S/C16H15FN2OS/c1-12-7-8-18-16(19-12)21-11-13-5-6-15(17)14(10-13)4-2-3-9-20/h5-8,10,20H,3,9,11H2,1H3. The Bertz CT molecular complexity index is 679. The predicted molar refractivity (Wildman–Crippen MR) is 81.3 cm³/mol. The first kappa shape index (κ1) is 15.5. The number of thioether (sulfide) groups is 1. The first-order chi connectivity index (χ1) is 10.2. The van der Waals surface area contributed by atoms with Crippen molar-refractivity contribution < 1.29 is 9.50 Å². The van der Waals surface area contributed by atoms with E-state index in [4.69, 9.17) is 5.11 Å². The summed E-state index contributed by atoms with van der Waals surface area (Å²) in [6, 6.07) is 6.71. The molecule has 0 radical (unpaired) electrons. The van der Waals surface area contributed by atoms with E-state index in [0.29, 0.717) is 22.9 Å². The summed E-state index contributed by atoms with van der Waals surface area (Å²) in [4.78, 5) is 8.49. The predicted octanol–water partition coefficient (Wildman–Crippen LogP) is 2.95. The van der Waals surface area contributed by atoms with Gasteiger partial charge in [-0.25, -0.2) is 14.4 Å². The van der Waals surface area contributed by atoms with Crippen LogP contribution in [0.2, 0.25) is 0 Å². The van der Waals surface area contributed by atoms with Gasteiger partial charge < -0.3 is 5.11 Å². The van der Waals surface area contributed by atoms with Crippen LogP contribution in [0, 0.1) is 24.6 Å². The second kappa shape index (κ2) is 7.77. The lowest BCUT2D eigenvalue weighted by Crippen LogP contribution is -1.91. The van der Waals surface area contributed by atoms with Crippen molar-refractivity contribution >= 4 is 11.8 Å². The van der Waals surface area contributed by atoms with Gasteiger partial charge in [0.1, 0.15) is 5.82 Å². The molecule has 0 spiro atoms. The maximum atomic E-state index is 13.6. The van der Waals surface area contributed by atoms with Crippen molar-refractivity contribution in [3.63, 3.8) is 0 Å². The SMILES string of the molecule is Cc1ccnc(SCc2ccc(F)c(C#CCCO)c2)n1. The molecule has 0 saturated heterocycles. The molecular formula is C16H15FN2OS. The summed E-state index contributed by atoms with van der Waals surface area (Å²) in [5.41, 5.74) is 2.23. The van der Waals surface area contributed by atoms with Crippen LogP contribution >= 0.6 is 11.8 Å². The number of aromatic nitrogens is 2. The minimum atomic E-state index is -0.346. The summed E-state index contributed by atoms with van der Waals surface area (Å²) in [5, 5.41) is 9.39. The van der Waals surface area contributed by atoms with E-state index < -0.39 is 0 Å². The Morgan fingerprint density at radius 1 is 1.33 bits per heavy atom. The molecule has 0 bridgehead atoms. The number of hydrogen-bond donors (Lipinski definition) is 1. The smallest absolute Gasteiger partial charge is 0.188 e. The molecule has 0 aliphatic carbocycles. The Hall–Kier alpha value is -1.90. The van der Waals surface area contributed by atoms with Gasteiger partial charge in [-0.15, -0.1) is 0 Å². The normalized spacial score (nSPS) is 10.0. The van der Waals surface area contributed by atoms with Crippen LogP contribution in [-0.4, -0.2) is 21.7 Å². The van der Waals surface area contributed by atoms with Gasteiger partial charge in [-0.05, 0) is 30.7 Å². The van der Waals surface area contributed by atoms with Gasteiger partial charge in [-0.1, -0.05) is 29.7 Å². The molecular weight excluding hydrogens is 287 g/mol. The van der Waals surface area contributed by atoms with Gasteiger partial charge in [0.15, 0.2) is 5.16 Å². The highest BCUT2D eigenvalue weighted by molar-refractivity contribution is 7.98. The van der Waals surface area contributed by atoms with Crippen LogP contribution in [0.1, 0.15) is 23.2 Å². The summed E-state index contributed by atoms with van der Waals surface area (Å²) >= 11 is 1.50. The van der Waals surface area contributed by atoms with Gasteiger partial charge in [0.2, 0.25) is 0 Å². The van der Waals surface area contributed by atoms with Crippen molar-refractivity contribution in [2.45, 2.75) is 24.3 Å². The van der Waals surface area contributed by atoms with Crippen LogP contribution in [0.25, 0.3) is 0 Å². The molecule has 21 heavy (non-hydrogen) atoms. The molecule has 0 fully saturated rings. The molecule has 108 valence electrons. The zero-order valence-corrected chi connectivity index (χ0v) is 12.5. The minimum Gasteiger partial charge on any atom is -0.395 e. The number of hydrogen-bond acceptors (Lipinski definition) is 4. The van der Waals surface area contributed by atoms with Crippen LogP contribution in [0.4, 0.5) is 4.39 Å². The first-order valence-corrected chi connectivity index (χ1v) is 7.48. The number of aryl methyl sites for hydroxylation is 1. The minimum absolute atomic E-state index is 0.0190. The Morgan fingerprint density at radius 3 is 2.95 bits per heavy atom. The van der Waals surface area contributed by atoms with Crippen molar-refractivity contribution in [2.75, 3.05) is 6.61 Å². The quantitative estimate of drug-likeness (QED) is 0.536. The van der Waals surface area contributed by atoms with Crippen LogP contribution in [0.15, 0.2) is 35.6 Å². The molecule has 0 atom stereocenters. The van der Waals surface area contributed by atoms with Gasteiger partial charge in [0.25, 0.3) is 0 Å². The largest absolute Gasteiger partial charge is 0.395 e. The maximum absolute atomic E-state index is 13.6. The molecule has 1 N–H and O–H groups in total. The van der Waals surface area contributed by atoms with Crippen molar-refractivity contribution in [1.29, 1.82) is 0 Å². The molecule has 1 aromatic carbocycles. The Kier molecular flexibility index (Phi) is 5.73. The van der Waals surface area contributed by atoms with E-state index in [1.807, 2.05) is 13.0 Å². The average Bonchev–Trinajstić information content (AvgIpc) is 2.48. The molecule has 0 aliphatic rings. The second-order valence-electron chi connectivity index (χ2n) is 4.36. The lowest BCUT2D eigenvalue weighted by atomic mass is 10.1. The first-order valence-electron chi connectivity index (χ1n) is 6.49. The summed E-state index contributed by atoms with van der Waals surface area (Å²) < 4.78 is 13.6. The fraction of sp³-hybridized carbons (Fsp3) is 0.250. The zero-order chi connectivity index (χ0) is 15.1. The van der Waals surface area contributed by atoms with Crippen molar-refractivity contribution in [3.05, 3.63) is 53.1 Å². The second-order valence-corrected chi connectivity index (χ2v) is 5.30. The molecule has 1 aromatic heterocycles. The fourth-order valence-electron chi connectivity index (χ4n) is 1.61. The summed E-state index contributed by atoms with van der Waals surface area (Å²) in [5.74, 6) is 5.77. The highest BCUT2D eigenvalue weighted by Crippen LogP contribution is 2.20. The molecule has 3 nitrogen and oxygen atoms in total. The van der Waals surface area contributed by atoms with E-state index in [1.165, 1.54) is 17.8 Å². The fourth-order valence-corrected chi connectivity index (χ4v) is 2.43. The highest BCUT2D eigenvalue weighted by Gasteiger charge is 2.04.